The molecule has 2 nitrogen and oxygen atoms in total. The van der Waals surface area contributed by atoms with Crippen molar-refractivity contribution in [3.05, 3.63) is 12.4 Å². The van der Waals surface area contributed by atoms with E-state index in [0.29, 0.717) is 6.17 Å². The largest absolute Gasteiger partial charge is 0.356 e. The Hall–Kier alpha value is -0.660. The van der Waals surface area contributed by atoms with Gasteiger partial charge in [-0.2, -0.15) is 0 Å². The Bertz CT molecular complexity index is 502. The van der Waals surface area contributed by atoms with Crippen LogP contribution in [0.5, 0.6) is 0 Å². The highest BCUT2D eigenvalue weighted by Crippen LogP contribution is 2.24. The Morgan fingerprint density at radius 2 is 0.590 bits per heavy atom. The first-order chi connectivity index (χ1) is 19.3. The highest BCUT2D eigenvalue weighted by molar-refractivity contribution is 4.97. The number of nitrogens with zero attached hydrogens (tertiary/aromatic N) is 2. The first kappa shape index (κ1) is 36.4. The van der Waals surface area contributed by atoms with Crippen molar-refractivity contribution in [3.8, 4) is 0 Å². The maximum Gasteiger partial charge on any atom is 0.101 e. The van der Waals surface area contributed by atoms with E-state index < -0.39 is 0 Å². The lowest BCUT2D eigenvalue weighted by molar-refractivity contribution is 0.135. The molecule has 39 heavy (non-hydrogen) atoms. The van der Waals surface area contributed by atoms with E-state index in [1.807, 2.05) is 0 Å². The lowest BCUT2D eigenvalue weighted by Crippen LogP contribution is -2.39. The summed E-state index contributed by atoms with van der Waals surface area (Å²) in [6.45, 7) is 9.47. The van der Waals surface area contributed by atoms with Crippen LogP contribution in [0, 0.1) is 0 Å². The summed E-state index contributed by atoms with van der Waals surface area (Å²) in [6, 6.07) is 0. The molecular formula is C37H74N2. The first-order valence-corrected chi connectivity index (χ1v) is 18.5. The molecule has 0 radical (unpaired) electrons. The fourth-order valence-electron chi connectivity index (χ4n) is 6.36. The Morgan fingerprint density at radius 1 is 0.333 bits per heavy atom. The van der Waals surface area contributed by atoms with Gasteiger partial charge in [0, 0.05) is 25.5 Å². The second-order valence-electron chi connectivity index (χ2n) is 12.9. The lowest BCUT2D eigenvalue weighted by atomic mass is 10.0. The van der Waals surface area contributed by atoms with E-state index in [1.165, 1.54) is 199 Å². The van der Waals surface area contributed by atoms with Gasteiger partial charge in [-0.25, -0.2) is 0 Å². The van der Waals surface area contributed by atoms with Crippen LogP contribution >= 0.6 is 0 Å². The van der Waals surface area contributed by atoms with Crippen LogP contribution in [0.2, 0.25) is 0 Å². The van der Waals surface area contributed by atoms with Gasteiger partial charge in [0.05, 0.1) is 0 Å². The highest BCUT2D eigenvalue weighted by Gasteiger charge is 2.24. The third-order valence-electron chi connectivity index (χ3n) is 9.07. The molecule has 0 amide bonds. The van der Waals surface area contributed by atoms with E-state index in [1.54, 1.807) is 0 Å². The summed E-state index contributed by atoms with van der Waals surface area (Å²) in [5.74, 6) is 0. The van der Waals surface area contributed by atoms with E-state index >= 15 is 0 Å². The topological polar surface area (TPSA) is 6.48 Å². The van der Waals surface area contributed by atoms with E-state index in [0.717, 1.165) is 0 Å². The van der Waals surface area contributed by atoms with Gasteiger partial charge < -0.3 is 9.80 Å². The molecule has 0 spiro atoms. The minimum Gasteiger partial charge on any atom is -0.356 e. The van der Waals surface area contributed by atoms with Crippen molar-refractivity contribution in [3.63, 3.8) is 0 Å². The van der Waals surface area contributed by atoms with Crippen molar-refractivity contribution in [2.75, 3.05) is 13.1 Å². The Kier molecular flexibility index (Phi) is 26.9. The van der Waals surface area contributed by atoms with Crippen LogP contribution in [0.1, 0.15) is 207 Å². The predicted octanol–water partition coefficient (Wildman–Crippen LogP) is 12.8. The van der Waals surface area contributed by atoms with Crippen molar-refractivity contribution in [2.24, 2.45) is 0 Å². The van der Waals surface area contributed by atoms with Crippen LogP contribution in [-0.2, 0) is 0 Å². The van der Waals surface area contributed by atoms with Gasteiger partial charge in [-0.1, -0.05) is 181 Å². The van der Waals surface area contributed by atoms with E-state index in [2.05, 4.69) is 43.0 Å². The van der Waals surface area contributed by atoms with Crippen LogP contribution in [-0.4, -0.2) is 29.1 Å². The molecule has 0 aromatic heterocycles. The molecule has 0 aromatic rings. The zero-order chi connectivity index (χ0) is 28.1. The summed E-state index contributed by atoms with van der Waals surface area (Å²) >= 11 is 0. The molecule has 1 rings (SSSR count). The Balaban J connectivity index is 2.08. The van der Waals surface area contributed by atoms with Gasteiger partial charge in [0.15, 0.2) is 0 Å². The highest BCUT2D eigenvalue weighted by atomic mass is 15.4. The van der Waals surface area contributed by atoms with Crippen molar-refractivity contribution >= 4 is 0 Å². The maximum absolute atomic E-state index is 2.69. The molecule has 232 valence electrons. The van der Waals surface area contributed by atoms with Crippen molar-refractivity contribution < 1.29 is 0 Å². The minimum absolute atomic E-state index is 0.642. The number of unbranched alkanes of at least 4 members (excludes halogenated alkanes) is 25. The van der Waals surface area contributed by atoms with Crippen molar-refractivity contribution in [1.82, 2.24) is 9.80 Å². The molecule has 1 aliphatic rings. The molecule has 1 heterocycles. The number of rotatable bonds is 31. The third-order valence-corrected chi connectivity index (χ3v) is 9.07. The summed E-state index contributed by atoms with van der Waals surface area (Å²) in [5, 5.41) is 0. The second kappa shape index (κ2) is 28.9. The third kappa shape index (κ3) is 21.7. The van der Waals surface area contributed by atoms with Gasteiger partial charge in [-0.3, -0.25) is 0 Å². The average Bonchev–Trinajstić information content (AvgIpc) is 3.33. The average molecular weight is 547 g/mol. The van der Waals surface area contributed by atoms with Crippen LogP contribution in [0.25, 0.3) is 0 Å². The van der Waals surface area contributed by atoms with Crippen LogP contribution < -0.4 is 0 Å². The van der Waals surface area contributed by atoms with Crippen molar-refractivity contribution in [2.45, 2.75) is 213 Å². The van der Waals surface area contributed by atoms with Crippen LogP contribution in [0.4, 0.5) is 0 Å². The molecule has 1 aliphatic heterocycles. The van der Waals surface area contributed by atoms with Crippen LogP contribution in [0.3, 0.4) is 0 Å². The molecule has 0 fully saturated rings. The molecule has 2 heteroatoms. The van der Waals surface area contributed by atoms with Gasteiger partial charge in [-0.15, -0.1) is 0 Å². The maximum atomic E-state index is 2.69. The monoisotopic (exact) mass is 547 g/mol. The lowest BCUT2D eigenvalue weighted by Gasteiger charge is -2.33. The molecule has 1 atom stereocenters. The summed E-state index contributed by atoms with van der Waals surface area (Å²) < 4.78 is 0. The number of hydrogen-bond donors (Lipinski definition) is 0. The SMILES string of the molecule is CCCCCCCCCCCCCCCCCCCC1N(CCCCCCC)C=CN1CCCCCCCC. The van der Waals surface area contributed by atoms with Gasteiger partial charge in [-0.05, 0) is 25.7 Å². The standard InChI is InChI=1S/C37H74N2/c1-4-7-10-13-15-16-17-18-19-20-21-22-23-24-25-26-29-32-37-38(33-30-27-12-9-6-3)35-36-39(37)34-31-28-14-11-8-5-2/h35-37H,4-34H2,1-3H3. The normalized spacial score (nSPS) is 15.2. The summed E-state index contributed by atoms with van der Waals surface area (Å²) in [4.78, 5) is 5.38. The Labute approximate surface area is 248 Å². The van der Waals surface area contributed by atoms with E-state index in [9.17, 15) is 0 Å². The molecule has 0 saturated carbocycles. The minimum atomic E-state index is 0.642. The summed E-state index contributed by atoms with van der Waals surface area (Å²) in [7, 11) is 0. The summed E-state index contributed by atoms with van der Waals surface area (Å²) in [5.41, 5.74) is 0. The zero-order valence-electron chi connectivity index (χ0n) is 27.5. The zero-order valence-corrected chi connectivity index (χ0v) is 27.5. The molecule has 0 saturated heterocycles. The van der Waals surface area contributed by atoms with Gasteiger partial charge in [0.2, 0.25) is 0 Å². The van der Waals surface area contributed by atoms with Gasteiger partial charge in [0.25, 0.3) is 0 Å². The fraction of sp³-hybridized carbons (Fsp3) is 0.946. The molecule has 1 unspecified atom stereocenters. The molecule has 0 aromatic carbocycles. The fourth-order valence-corrected chi connectivity index (χ4v) is 6.36. The molecule has 0 bridgehead atoms. The second-order valence-corrected chi connectivity index (χ2v) is 12.9. The van der Waals surface area contributed by atoms with E-state index in [4.69, 9.17) is 0 Å². The van der Waals surface area contributed by atoms with Crippen LogP contribution in [0.15, 0.2) is 12.4 Å². The van der Waals surface area contributed by atoms with Gasteiger partial charge in [0.1, 0.15) is 6.17 Å². The first-order valence-electron chi connectivity index (χ1n) is 18.5. The predicted molar refractivity (Wildman–Crippen MR) is 177 cm³/mol. The number of hydrogen-bond acceptors (Lipinski definition) is 2. The molecule has 0 N–H and O–H groups in total. The Morgan fingerprint density at radius 3 is 0.897 bits per heavy atom. The molecular weight excluding hydrogens is 472 g/mol. The smallest absolute Gasteiger partial charge is 0.101 e. The molecule has 0 aliphatic carbocycles. The summed E-state index contributed by atoms with van der Waals surface area (Å²) in [6.07, 6.45) is 47.0. The quantitative estimate of drug-likeness (QED) is 0.0798. The van der Waals surface area contributed by atoms with E-state index in [-0.39, 0.29) is 0 Å². The van der Waals surface area contributed by atoms with Gasteiger partial charge >= 0.3 is 0 Å². The van der Waals surface area contributed by atoms with Crippen molar-refractivity contribution in [1.29, 1.82) is 0 Å².